The maximum Gasteiger partial charge on any atom is 0.134 e. The molecule has 0 spiro atoms. The molecule has 1 atom stereocenters. The van der Waals surface area contributed by atoms with Gasteiger partial charge in [0.2, 0.25) is 0 Å². The summed E-state index contributed by atoms with van der Waals surface area (Å²) >= 11 is 3.44. The molecule has 0 aliphatic rings. The van der Waals surface area contributed by atoms with Crippen molar-refractivity contribution < 1.29 is 4.42 Å². The van der Waals surface area contributed by atoms with Gasteiger partial charge in [-0.3, -0.25) is 0 Å². The molecule has 1 aromatic carbocycles. The van der Waals surface area contributed by atoms with Crippen LogP contribution in [0.5, 0.6) is 0 Å². The fourth-order valence-electron chi connectivity index (χ4n) is 2.02. The Morgan fingerprint density at radius 2 is 1.95 bits per heavy atom. The summed E-state index contributed by atoms with van der Waals surface area (Å²) in [5.41, 5.74) is 2.36. The largest absolute Gasteiger partial charge is 0.457 e. The van der Waals surface area contributed by atoms with E-state index in [0.717, 1.165) is 28.1 Å². The molecule has 2 rings (SSSR count). The topological polar surface area (TPSA) is 25.2 Å². The molecule has 0 radical (unpaired) electrons. The van der Waals surface area contributed by atoms with Gasteiger partial charge in [-0.15, -0.1) is 0 Å². The van der Waals surface area contributed by atoms with Crippen molar-refractivity contribution in [1.82, 2.24) is 5.32 Å². The van der Waals surface area contributed by atoms with E-state index in [-0.39, 0.29) is 0 Å². The molecule has 0 bridgehead atoms. The zero-order chi connectivity index (χ0) is 14.5. The summed E-state index contributed by atoms with van der Waals surface area (Å²) in [5.74, 6) is 1.79. The molecule has 1 N–H and O–H groups in total. The molecule has 106 valence electrons. The van der Waals surface area contributed by atoms with Crippen molar-refractivity contribution in [3.05, 3.63) is 52.2 Å². The van der Waals surface area contributed by atoms with E-state index in [9.17, 15) is 0 Å². The summed E-state index contributed by atoms with van der Waals surface area (Å²) < 4.78 is 6.96. The lowest BCUT2D eigenvalue weighted by Crippen LogP contribution is -2.26. The molecule has 1 aromatic heterocycles. The highest BCUT2D eigenvalue weighted by Crippen LogP contribution is 2.25. The van der Waals surface area contributed by atoms with Gasteiger partial charge in [0.05, 0.1) is 0 Å². The number of likely N-dealkylation sites (N-methyl/N-ethyl adjacent to an activating group) is 1. The molecule has 2 aromatic rings. The molecular formula is C17H20BrNO. The minimum absolute atomic E-state index is 0.362. The van der Waals surface area contributed by atoms with Crippen molar-refractivity contribution in [3.8, 4) is 11.3 Å². The monoisotopic (exact) mass is 333 g/mol. The Bertz CT molecular complexity index is 583. The van der Waals surface area contributed by atoms with Crippen LogP contribution in [0, 0.1) is 0 Å². The first-order chi connectivity index (χ1) is 9.60. The van der Waals surface area contributed by atoms with Crippen LogP contribution >= 0.6 is 15.9 Å². The van der Waals surface area contributed by atoms with Crippen LogP contribution in [0.25, 0.3) is 17.4 Å². The van der Waals surface area contributed by atoms with E-state index < -0.39 is 0 Å². The summed E-state index contributed by atoms with van der Waals surface area (Å²) in [4.78, 5) is 0. The number of furan rings is 1. The minimum Gasteiger partial charge on any atom is -0.457 e. The summed E-state index contributed by atoms with van der Waals surface area (Å²) in [6.07, 6.45) is 2.09. The van der Waals surface area contributed by atoms with Gasteiger partial charge in [-0.05, 0) is 50.7 Å². The quantitative estimate of drug-likeness (QED) is 0.822. The van der Waals surface area contributed by atoms with Crippen LogP contribution in [0.3, 0.4) is 0 Å². The molecule has 0 amide bonds. The van der Waals surface area contributed by atoms with Crippen LogP contribution in [0.4, 0.5) is 0 Å². The Balaban J connectivity index is 2.16. The van der Waals surface area contributed by atoms with Crippen molar-refractivity contribution in [1.29, 1.82) is 0 Å². The third-order valence-electron chi connectivity index (χ3n) is 3.32. The number of hydrogen-bond donors (Lipinski definition) is 1. The van der Waals surface area contributed by atoms with E-state index in [1.807, 2.05) is 36.4 Å². The maximum atomic E-state index is 5.89. The van der Waals surface area contributed by atoms with Gasteiger partial charge in [0.15, 0.2) is 0 Å². The molecule has 1 unspecified atom stereocenters. The molecule has 1 heterocycles. The van der Waals surface area contributed by atoms with E-state index in [2.05, 4.69) is 48.1 Å². The number of benzene rings is 1. The molecule has 0 saturated carbocycles. The van der Waals surface area contributed by atoms with Gasteiger partial charge in [0.1, 0.15) is 11.5 Å². The van der Waals surface area contributed by atoms with Crippen molar-refractivity contribution in [3.63, 3.8) is 0 Å². The predicted octanol–water partition coefficient (Wildman–Crippen LogP) is 5.11. The number of nitrogens with one attached hydrogen (secondary N) is 1. The third kappa shape index (κ3) is 3.84. The minimum atomic E-state index is 0.362. The van der Waals surface area contributed by atoms with Crippen LogP contribution in [0.1, 0.15) is 26.5 Å². The van der Waals surface area contributed by atoms with Gasteiger partial charge < -0.3 is 9.73 Å². The average Bonchev–Trinajstić information content (AvgIpc) is 2.88. The second kappa shape index (κ2) is 6.91. The van der Waals surface area contributed by atoms with E-state index in [0.29, 0.717) is 6.04 Å². The molecule has 20 heavy (non-hydrogen) atoms. The lowest BCUT2D eigenvalue weighted by Gasteiger charge is -2.12. The first kappa shape index (κ1) is 15.1. The standard InChI is InChI=1S/C17H20BrNO/c1-4-19-13(3)12(2)11-16-9-10-17(20-16)14-5-7-15(18)8-6-14/h5-11,13,19H,4H2,1-3H3/b12-11+. The van der Waals surface area contributed by atoms with Crippen LogP contribution in [-0.4, -0.2) is 12.6 Å². The Morgan fingerprint density at radius 3 is 2.60 bits per heavy atom. The highest BCUT2D eigenvalue weighted by molar-refractivity contribution is 9.10. The fourth-order valence-corrected chi connectivity index (χ4v) is 2.28. The van der Waals surface area contributed by atoms with Crippen molar-refractivity contribution in [2.45, 2.75) is 26.8 Å². The molecule has 0 saturated heterocycles. The van der Waals surface area contributed by atoms with E-state index >= 15 is 0 Å². The Kier molecular flexibility index (Phi) is 5.21. The highest BCUT2D eigenvalue weighted by Gasteiger charge is 2.06. The summed E-state index contributed by atoms with van der Waals surface area (Å²) in [6.45, 7) is 7.36. The fraction of sp³-hybridized carbons (Fsp3) is 0.294. The highest BCUT2D eigenvalue weighted by atomic mass is 79.9. The molecule has 0 fully saturated rings. The number of hydrogen-bond acceptors (Lipinski definition) is 2. The number of halogens is 1. The number of rotatable bonds is 5. The molecule has 2 nitrogen and oxygen atoms in total. The van der Waals surface area contributed by atoms with Crippen LogP contribution in [0.15, 0.2) is 50.9 Å². The Hall–Kier alpha value is -1.32. The molecular weight excluding hydrogens is 314 g/mol. The third-order valence-corrected chi connectivity index (χ3v) is 3.85. The second-order valence-electron chi connectivity index (χ2n) is 4.88. The Labute approximate surface area is 129 Å². The van der Waals surface area contributed by atoms with Crippen LogP contribution in [0.2, 0.25) is 0 Å². The second-order valence-corrected chi connectivity index (χ2v) is 5.79. The molecule has 0 aliphatic heterocycles. The SMILES string of the molecule is CCNC(C)/C(C)=C/c1ccc(-c2ccc(Br)cc2)o1. The van der Waals surface area contributed by atoms with Crippen LogP contribution in [-0.2, 0) is 0 Å². The van der Waals surface area contributed by atoms with Crippen molar-refractivity contribution >= 4 is 22.0 Å². The van der Waals surface area contributed by atoms with E-state index in [1.54, 1.807) is 0 Å². The molecule has 0 aliphatic carbocycles. The van der Waals surface area contributed by atoms with Crippen molar-refractivity contribution in [2.75, 3.05) is 6.54 Å². The lowest BCUT2D eigenvalue weighted by molar-refractivity contribution is 0.569. The normalized spacial score (nSPS) is 13.5. The first-order valence-electron chi connectivity index (χ1n) is 6.87. The zero-order valence-electron chi connectivity index (χ0n) is 12.1. The van der Waals surface area contributed by atoms with Gasteiger partial charge in [0, 0.05) is 16.1 Å². The van der Waals surface area contributed by atoms with Crippen LogP contribution < -0.4 is 5.32 Å². The predicted molar refractivity (Wildman–Crippen MR) is 88.6 cm³/mol. The van der Waals surface area contributed by atoms with Gasteiger partial charge in [0.25, 0.3) is 0 Å². The van der Waals surface area contributed by atoms with Crippen molar-refractivity contribution in [2.24, 2.45) is 0 Å². The summed E-state index contributed by atoms with van der Waals surface area (Å²) in [6, 6.07) is 12.5. The van der Waals surface area contributed by atoms with E-state index in [1.165, 1.54) is 5.57 Å². The van der Waals surface area contributed by atoms with Gasteiger partial charge >= 0.3 is 0 Å². The molecule has 3 heteroatoms. The maximum absolute atomic E-state index is 5.89. The first-order valence-corrected chi connectivity index (χ1v) is 7.66. The average molecular weight is 334 g/mol. The lowest BCUT2D eigenvalue weighted by atomic mass is 10.1. The Morgan fingerprint density at radius 1 is 1.25 bits per heavy atom. The summed E-state index contributed by atoms with van der Waals surface area (Å²) in [7, 11) is 0. The summed E-state index contributed by atoms with van der Waals surface area (Å²) in [5, 5.41) is 3.40. The van der Waals surface area contributed by atoms with Gasteiger partial charge in [-0.2, -0.15) is 0 Å². The van der Waals surface area contributed by atoms with Gasteiger partial charge in [-0.25, -0.2) is 0 Å². The van der Waals surface area contributed by atoms with E-state index in [4.69, 9.17) is 4.42 Å². The smallest absolute Gasteiger partial charge is 0.134 e. The van der Waals surface area contributed by atoms with Gasteiger partial charge in [-0.1, -0.05) is 40.6 Å². The zero-order valence-corrected chi connectivity index (χ0v) is 13.7.